The highest BCUT2D eigenvalue weighted by atomic mass is 32.2. The fraction of sp³-hybridized carbons (Fsp3) is 0.500. The molecule has 4 heteroatoms. The monoisotopic (exact) mass is 265 g/mol. The van der Waals surface area contributed by atoms with Gasteiger partial charge in [0, 0.05) is 6.42 Å². The fourth-order valence-corrected chi connectivity index (χ4v) is 3.14. The molecule has 0 radical (unpaired) electrons. The summed E-state index contributed by atoms with van der Waals surface area (Å²) < 4.78 is 24.3. The number of benzene rings is 1. The van der Waals surface area contributed by atoms with E-state index in [-0.39, 0.29) is 17.6 Å². The van der Waals surface area contributed by atoms with Crippen LogP contribution in [-0.4, -0.2) is 14.2 Å². The molecule has 18 heavy (non-hydrogen) atoms. The van der Waals surface area contributed by atoms with Crippen molar-refractivity contribution in [3.63, 3.8) is 0 Å². The molecule has 0 unspecified atom stereocenters. The van der Waals surface area contributed by atoms with E-state index in [4.69, 9.17) is 5.26 Å². The van der Waals surface area contributed by atoms with Crippen LogP contribution in [0.25, 0.3) is 0 Å². The number of nitriles is 1. The summed E-state index contributed by atoms with van der Waals surface area (Å²) in [5.74, 6) is -0.113. The Labute approximate surface area is 109 Å². The Morgan fingerprint density at radius 3 is 2.39 bits per heavy atom. The molecule has 0 aromatic heterocycles. The summed E-state index contributed by atoms with van der Waals surface area (Å²) in [7, 11) is -3.36. The maximum atomic E-state index is 12.1. The highest BCUT2D eigenvalue weighted by Crippen LogP contribution is 2.27. The van der Waals surface area contributed by atoms with E-state index >= 15 is 0 Å². The number of nitrogens with zero attached hydrogens (tertiary/aromatic N) is 1. The Kier molecular flexibility index (Phi) is 4.18. The predicted molar refractivity (Wildman–Crippen MR) is 72.2 cm³/mol. The van der Waals surface area contributed by atoms with Crippen molar-refractivity contribution in [3.8, 4) is 6.07 Å². The van der Waals surface area contributed by atoms with Crippen LogP contribution >= 0.6 is 0 Å². The topological polar surface area (TPSA) is 57.9 Å². The molecule has 0 amide bonds. The smallest absolute Gasteiger partial charge is 0.179 e. The van der Waals surface area contributed by atoms with Gasteiger partial charge in [-0.2, -0.15) is 5.26 Å². The minimum Gasteiger partial charge on any atom is -0.224 e. The Bertz CT molecular complexity index is 575. The SMILES string of the molecule is Cc1ccc(C(C)(C)C)cc1S(=O)(=O)CCC#N. The second-order valence-electron chi connectivity index (χ2n) is 5.46. The molecule has 0 aliphatic heterocycles. The van der Waals surface area contributed by atoms with E-state index in [0.717, 1.165) is 11.1 Å². The van der Waals surface area contributed by atoms with Crippen molar-refractivity contribution in [1.82, 2.24) is 0 Å². The summed E-state index contributed by atoms with van der Waals surface area (Å²) in [6, 6.07) is 7.41. The van der Waals surface area contributed by atoms with Crippen molar-refractivity contribution in [1.29, 1.82) is 5.26 Å². The molecule has 0 aliphatic carbocycles. The van der Waals surface area contributed by atoms with Crippen LogP contribution in [0.3, 0.4) is 0 Å². The van der Waals surface area contributed by atoms with Crippen LogP contribution in [0.1, 0.15) is 38.3 Å². The highest BCUT2D eigenvalue weighted by Gasteiger charge is 2.21. The number of hydrogen-bond acceptors (Lipinski definition) is 3. The third-order valence-electron chi connectivity index (χ3n) is 2.87. The third kappa shape index (κ3) is 3.33. The summed E-state index contributed by atoms with van der Waals surface area (Å²) in [5, 5.41) is 8.52. The fourth-order valence-electron chi connectivity index (χ4n) is 1.69. The summed E-state index contributed by atoms with van der Waals surface area (Å²) in [6.45, 7) is 7.92. The molecule has 1 aromatic carbocycles. The lowest BCUT2D eigenvalue weighted by atomic mass is 9.87. The minimum atomic E-state index is -3.36. The molecule has 3 nitrogen and oxygen atoms in total. The predicted octanol–water partition coefficient (Wildman–Crippen LogP) is 2.98. The second-order valence-corrected chi connectivity index (χ2v) is 7.53. The van der Waals surface area contributed by atoms with E-state index in [1.807, 2.05) is 39.0 Å². The first-order valence-electron chi connectivity index (χ1n) is 5.89. The second kappa shape index (κ2) is 5.11. The highest BCUT2D eigenvalue weighted by molar-refractivity contribution is 7.91. The van der Waals surface area contributed by atoms with Gasteiger partial charge in [0.05, 0.1) is 16.7 Å². The quantitative estimate of drug-likeness (QED) is 0.844. The zero-order valence-electron chi connectivity index (χ0n) is 11.3. The van der Waals surface area contributed by atoms with Gasteiger partial charge in [0.2, 0.25) is 0 Å². The van der Waals surface area contributed by atoms with Crippen molar-refractivity contribution in [3.05, 3.63) is 29.3 Å². The molecule has 0 heterocycles. The van der Waals surface area contributed by atoms with Crippen molar-refractivity contribution in [2.45, 2.75) is 44.4 Å². The van der Waals surface area contributed by atoms with Crippen LogP contribution in [0, 0.1) is 18.3 Å². The van der Waals surface area contributed by atoms with Crippen LogP contribution in [0.15, 0.2) is 23.1 Å². The van der Waals surface area contributed by atoms with Crippen LogP contribution in [-0.2, 0) is 15.3 Å². The molecule has 0 N–H and O–H groups in total. The van der Waals surface area contributed by atoms with Crippen molar-refractivity contribution >= 4 is 9.84 Å². The van der Waals surface area contributed by atoms with Gasteiger partial charge in [-0.15, -0.1) is 0 Å². The van der Waals surface area contributed by atoms with Crippen molar-refractivity contribution in [2.75, 3.05) is 5.75 Å². The van der Waals surface area contributed by atoms with Gasteiger partial charge in [-0.1, -0.05) is 32.9 Å². The summed E-state index contributed by atoms with van der Waals surface area (Å²) in [5.41, 5.74) is 1.64. The molecule has 1 aromatic rings. The molecule has 0 spiro atoms. The zero-order chi connectivity index (χ0) is 14.0. The molecule has 98 valence electrons. The summed E-state index contributed by atoms with van der Waals surface area (Å²) >= 11 is 0. The molecule has 0 atom stereocenters. The van der Waals surface area contributed by atoms with Crippen LogP contribution in [0.4, 0.5) is 0 Å². The Hall–Kier alpha value is -1.34. The first-order valence-corrected chi connectivity index (χ1v) is 7.54. The first kappa shape index (κ1) is 14.7. The number of sulfone groups is 1. The average Bonchev–Trinajstić information content (AvgIpc) is 2.25. The lowest BCUT2D eigenvalue weighted by Crippen LogP contribution is -2.14. The summed E-state index contributed by atoms with van der Waals surface area (Å²) in [6.07, 6.45) is 0.0293. The van der Waals surface area contributed by atoms with Gasteiger partial charge >= 0.3 is 0 Å². The van der Waals surface area contributed by atoms with Gasteiger partial charge in [-0.3, -0.25) is 0 Å². The van der Waals surface area contributed by atoms with Crippen molar-refractivity contribution < 1.29 is 8.42 Å². The lowest BCUT2D eigenvalue weighted by Gasteiger charge is -2.20. The van der Waals surface area contributed by atoms with Gasteiger partial charge < -0.3 is 0 Å². The van der Waals surface area contributed by atoms with Crippen LogP contribution < -0.4 is 0 Å². The molecule has 0 fully saturated rings. The Balaban J connectivity index is 3.29. The number of rotatable bonds is 3. The lowest BCUT2D eigenvalue weighted by molar-refractivity contribution is 0.583. The van der Waals surface area contributed by atoms with Gasteiger partial charge in [-0.25, -0.2) is 8.42 Å². The van der Waals surface area contributed by atoms with E-state index in [1.54, 1.807) is 13.0 Å². The molecule has 0 bridgehead atoms. The van der Waals surface area contributed by atoms with E-state index < -0.39 is 9.84 Å². The zero-order valence-corrected chi connectivity index (χ0v) is 12.1. The van der Waals surface area contributed by atoms with Gasteiger partial charge in [0.25, 0.3) is 0 Å². The average molecular weight is 265 g/mol. The molecular weight excluding hydrogens is 246 g/mol. The van der Waals surface area contributed by atoms with E-state index in [2.05, 4.69) is 0 Å². The maximum absolute atomic E-state index is 12.1. The Morgan fingerprint density at radius 2 is 1.89 bits per heavy atom. The largest absolute Gasteiger partial charge is 0.224 e. The molecule has 0 saturated carbocycles. The summed E-state index contributed by atoms with van der Waals surface area (Å²) in [4.78, 5) is 0.352. The standard InChI is InChI=1S/C14H19NO2S/c1-11-6-7-12(14(2,3)4)10-13(11)18(16,17)9-5-8-15/h6-7,10H,5,9H2,1-4H3. The van der Waals surface area contributed by atoms with Gasteiger partial charge in [0.1, 0.15) is 0 Å². The normalized spacial score (nSPS) is 12.2. The van der Waals surface area contributed by atoms with E-state index in [0.29, 0.717) is 4.90 Å². The molecule has 1 rings (SSSR count). The molecule has 0 saturated heterocycles. The molecular formula is C14H19NO2S. The maximum Gasteiger partial charge on any atom is 0.179 e. The van der Waals surface area contributed by atoms with E-state index in [9.17, 15) is 8.42 Å². The van der Waals surface area contributed by atoms with Gasteiger partial charge in [0.15, 0.2) is 9.84 Å². The Morgan fingerprint density at radius 1 is 1.28 bits per heavy atom. The number of aryl methyl sites for hydroxylation is 1. The third-order valence-corrected chi connectivity index (χ3v) is 4.72. The minimum absolute atomic E-state index is 0.0293. The van der Waals surface area contributed by atoms with Crippen molar-refractivity contribution in [2.24, 2.45) is 0 Å². The van der Waals surface area contributed by atoms with Crippen LogP contribution in [0.2, 0.25) is 0 Å². The number of hydrogen-bond donors (Lipinski definition) is 0. The van der Waals surface area contributed by atoms with Gasteiger partial charge in [-0.05, 0) is 29.5 Å². The molecule has 0 aliphatic rings. The van der Waals surface area contributed by atoms with E-state index in [1.165, 1.54) is 0 Å². The van der Waals surface area contributed by atoms with Crippen LogP contribution in [0.5, 0.6) is 0 Å². The first-order chi connectivity index (χ1) is 8.18.